The van der Waals surface area contributed by atoms with Gasteiger partial charge in [0.05, 0.1) is 11.3 Å². The lowest BCUT2D eigenvalue weighted by molar-refractivity contribution is -0.384. The van der Waals surface area contributed by atoms with Crippen LogP contribution < -0.4 is 9.80 Å². The first-order valence-electron chi connectivity index (χ1n) is 8.78. The third-order valence-corrected chi connectivity index (χ3v) is 4.64. The monoisotopic (exact) mass is 370 g/mol. The van der Waals surface area contributed by atoms with Crippen LogP contribution in [0.3, 0.4) is 0 Å². The molecule has 0 saturated carbocycles. The zero-order valence-electron chi connectivity index (χ0n) is 15.4. The minimum atomic E-state index is -1.00. The number of anilines is 2. The SMILES string of the molecule is Cc1cc(C)nc(N2CCN(c3ccc([N+](=O)[O-])cc3CC(=O)O)CC2)c1. The standard InChI is InChI=1S/C19H22N4O4/c1-13-9-14(2)20-18(10-13)22-7-5-21(6-8-22)17-4-3-16(23(26)27)11-15(17)12-19(24)25/h3-4,9-11H,5-8,12H2,1-2H3,(H,24,25). The van der Waals surface area contributed by atoms with Crippen molar-refractivity contribution in [3.8, 4) is 0 Å². The summed E-state index contributed by atoms with van der Waals surface area (Å²) in [5.74, 6) is -0.0589. The van der Waals surface area contributed by atoms with Crippen molar-refractivity contribution in [2.24, 2.45) is 0 Å². The van der Waals surface area contributed by atoms with Crippen LogP contribution in [0.4, 0.5) is 17.2 Å². The van der Waals surface area contributed by atoms with Crippen LogP contribution in [0.25, 0.3) is 0 Å². The lowest BCUT2D eigenvalue weighted by atomic mass is 10.1. The van der Waals surface area contributed by atoms with Gasteiger partial charge < -0.3 is 14.9 Å². The fourth-order valence-corrected chi connectivity index (χ4v) is 3.46. The van der Waals surface area contributed by atoms with E-state index in [1.54, 1.807) is 6.07 Å². The molecule has 2 aromatic rings. The highest BCUT2D eigenvalue weighted by Crippen LogP contribution is 2.28. The molecule has 1 aliphatic rings. The van der Waals surface area contributed by atoms with E-state index in [-0.39, 0.29) is 12.1 Å². The van der Waals surface area contributed by atoms with E-state index in [4.69, 9.17) is 5.11 Å². The number of piperazine rings is 1. The third-order valence-electron chi connectivity index (χ3n) is 4.64. The van der Waals surface area contributed by atoms with Crippen LogP contribution in [0.5, 0.6) is 0 Å². The van der Waals surface area contributed by atoms with Crippen LogP contribution in [-0.4, -0.2) is 47.2 Å². The third kappa shape index (κ3) is 4.33. The van der Waals surface area contributed by atoms with Gasteiger partial charge in [-0.15, -0.1) is 0 Å². The van der Waals surface area contributed by atoms with Crippen LogP contribution in [0, 0.1) is 24.0 Å². The molecule has 1 aromatic carbocycles. The van der Waals surface area contributed by atoms with E-state index in [2.05, 4.69) is 20.9 Å². The lowest BCUT2D eigenvalue weighted by Gasteiger charge is -2.37. The second-order valence-corrected chi connectivity index (χ2v) is 6.76. The molecule has 1 fully saturated rings. The minimum absolute atomic E-state index is 0.0897. The summed E-state index contributed by atoms with van der Waals surface area (Å²) in [5.41, 5.74) is 3.27. The molecule has 0 amide bonds. The van der Waals surface area contributed by atoms with Crippen molar-refractivity contribution < 1.29 is 14.8 Å². The van der Waals surface area contributed by atoms with Crippen molar-refractivity contribution in [3.63, 3.8) is 0 Å². The number of benzene rings is 1. The summed E-state index contributed by atoms with van der Waals surface area (Å²) in [6.45, 7) is 6.91. The highest BCUT2D eigenvalue weighted by molar-refractivity contribution is 5.74. The van der Waals surface area contributed by atoms with Gasteiger partial charge in [-0.3, -0.25) is 14.9 Å². The molecular weight excluding hydrogens is 348 g/mol. The Hall–Kier alpha value is -3.16. The number of aryl methyl sites for hydroxylation is 2. The maximum Gasteiger partial charge on any atom is 0.307 e. The van der Waals surface area contributed by atoms with Crippen LogP contribution in [-0.2, 0) is 11.2 Å². The summed E-state index contributed by atoms with van der Waals surface area (Å²) < 4.78 is 0. The number of nitro groups is 1. The number of nitro benzene ring substituents is 1. The average Bonchev–Trinajstić information content (AvgIpc) is 2.60. The lowest BCUT2D eigenvalue weighted by Crippen LogP contribution is -2.47. The molecule has 0 bridgehead atoms. The van der Waals surface area contributed by atoms with Gasteiger partial charge in [-0.25, -0.2) is 4.98 Å². The van der Waals surface area contributed by atoms with Crippen molar-refractivity contribution in [3.05, 3.63) is 57.3 Å². The fraction of sp³-hybridized carbons (Fsp3) is 0.368. The van der Waals surface area contributed by atoms with Crippen molar-refractivity contribution in [2.75, 3.05) is 36.0 Å². The predicted molar refractivity (Wildman–Crippen MR) is 103 cm³/mol. The molecule has 1 aliphatic heterocycles. The first kappa shape index (κ1) is 18.6. The summed E-state index contributed by atoms with van der Waals surface area (Å²) in [5, 5.41) is 20.2. The van der Waals surface area contributed by atoms with E-state index < -0.39 is 10.9 Å². The number of carbonyl (C=O) groups is 1. The Bertz CT molecular complexity index is 856. The molecule has 0 radical (unpaired) electrons. The molecule has 1 N–H and O–H groups in total. The van der Waals surface area contributed by atoms with E-state index in [1.165, 1.54) is 17.7 Å². The van der Waals surface area contributed by atoms with Crippen molar-refractivity contribution in [1.82, 2.24) is 4.98 Å². The Morgan fingerprint density at radius 2 is 1.81 bits per heavy atom. The molecule has 3 rings (SSSR count). The number of non-ortho nitro benzene ring substituents is 1. The van der Waals surface area contributed by atoms with Gasteiger partial charge in [0, 0.05) is 49.7 Å². The summed E-state index contributed by atoms with van der Waals surface area (Å²) in [6.07, 6.45) is -0.240. The highest BCUT2D eigenvalue weighted by atomic mass is 16.6. The smallest absolute Gasteiger partial charge is 0.307 e. The Balaban J connectivity index is 1.79. The summed E-state index contributed by atoms with van der Waals surface area (Å²) in [4.78, 5) is 30.6. The number of pyridine rings is 1. The van der Waals surface area contributed by atoms with Crippen LogP contribution in [0.15, 0.2) is 30.3 Å². The van der Waals surface area contributed by atoms with Crippen LogP contribution >= 0.6 is 0 Å². The van der Waals surface area contributed by atoms with E-state index in [9.17, 15) is 14.9 Å². The number of hydrogen-bond donors (Lipinski definition) is 1. The number of aromatic nitrogens is 1. The number of nitrogens with zero attached hydrogens (tertiary/aromatic N) is 4. The van der Waals surface area contributed by atoms with Gasteiger partial charge >= 0.3 is 5.97 Å². The van der Waals surface area contributed by atoms with Gasteiger partial charge in [0.2, 0.25) is 0 Å². The molecule has 2 heterocycles. The molecule has 142 valence electrons. The quantitative estimate of drug-likeness (QED) is 0.638. The Kier molecular flexibility index (Phi) is 5.25. The zero-order valence-corrected chi connectivity index (χ0v) is 15.4. The molecule has 0 atom stereocenters. The average molecular weight is 370 g/mol. The first-order valence-corrected chi connectivity index (χ1v) is 8.78. The maximum atomic E-state index is 11.2. The van der Waals surface area contributed by atoms with Gasteiger partial charge in [-0.1, -0.05) is 0 Å². The Labute approximate surface area is 157 Å². The van der Waals surface area contributed by atoms with Crippen molar-refractivity contribution >= 4 is 23.2 Å². The molecule has 27 heavy (non-hydrogen) atoms. The molecule has 8 nitrogen and oxygen atoms in total. The van der Waals surface area contributed by atoms with E-state index in [0.29, 0.717) is 18.7 Å². The zero-order chi connectivity index (χ0) is 19.6. The Morgan fingerprint density at radius 3 is 2.41 bits per heavy atom. The molecule has 0 spiro atoms. The predicted octanol–water partition coefficient (Wildman–Crippen LogP) is 2.56. The van der Waals surface area contributed by atoms with Crippen LogP contribution in [0.2, 0.25) is 0 Å². The fourth-order valence-electron chi connectivity index (χ4n) is 3.46. The molecule has 8 heteroatoms. The number of carboxylic acids is 1. The number of hydrogen-bond acceptors (Lipinski definition) is 6. The van der Waals surface area contributed by atoms with Gasteiger partial charge in [-0.05, 0) is 43.2 Å². The van der Waals surface area contributed by atoms with E-state index >= 15 is 0 Å². The second kappa shape index (κ2) is 7.61. The molecule has 0 unspecified atom stereocenters. The molecule has 1 aromatic heterocycles. The topological polar surface area (TPSA) is 99.8 Å². The van der Waals surface area contributed by atoms with E-state index in [0.717, 1.165) is 30.3 Å². The van der Waals surface area contributed by atoms with Gasteiger partial charge in [0.1, 0.15) is 5.82 Å². The van der Waals surface area contributed by atoms with Gasteiger partial charge in [0.15, 0.2) is 0 Å². The number of aliphatic carboxylic acids is 1. The maximum absolute atomic E-state index is 11.2. The first-order chi connectivity index (χ1) is 12.8. The second-order valence-electron chi connectivity index (χ2n) is 6.76. The molecular formula is C19H22N4O4. The minimum Gasteiger partial charge on any atom is -0.481 e. The number of carboxylic acid groups (broad SMARTS) is 1. The van der Waals surface area contributed by atoms with Gasteiger partial charge in [-0.2, -0.15) is 0 Å². The van der Waals surface area contributed by atoms with E-state index in [1.807, 2.05) is 19.9 Å². The van der Waals surface area contributed by atoms with Crippen molar-refractivity contribution in [2.45, 2.75) is 20.3 Å². The van der Waals surface area contributed by atoms with Gasteiger partial charge in [0.25, 0.3) is 5.69 Å². The number of rotatable bonds is 5. The molecule has 1 saturated heterocycles. The highest BCUT2D eigenvalue weighted by Gasteiger charge is 2.22. The van der Waals surface area contributed by atoms with Crippen LogP contribution in [0.1, 0.15) is 16.8 Å². The molecule has 0 aliphatic carbocycles. The summed E-state index contributed by atoms with van der Waals surface area (Å²) >= 11 is 0. The normalized spacial score (nSPS) is 14.3. The van der Waals surface area contributed by atoms with Crippen molar-refractivity contribution in [1.29, 1.82) is 0 Å². The summed E-state index contributed by atoms with van der Waals surface area (Å²) in [7, 11) is 0. The Morgan fingerprint density at radius 1 is 1.15 bits per heavy atom. The summed E-state index contributed by atoms with van der Waals surface area (Å²) in [6, 6.07) is 8.54. The largest absolute Gasteiger partial charge is 0.481 e.